The minimum Gasteiger partial charge on any atom is -0.508 e. The highest BCUT2D eigenvalue weighted by Crippen LogP contribution is 2.20. The average Bonchev–Trinajstić information content (AvgIpc) is 2.45. The van der Waals surface area contributed by atoms with Gasteiger partial charge in [-0.25, -0.2) is 4.39 Å². The van der Waals surface area contributed by atoms with Crippen LogP contribution in [-0.2, 0) is 4.74 Å². The average molecular weight is 283 g/mol. The van der Waals surface area contributed by atoms with Crippen molar-refractivity contribution < 1.29 is 24.1 Å². The van der Waals surface area contributed by atoms with Crippen LogP contribution in [0.4, 0.5) is 4.39 Å². The molecule has 1 aromatic carbocycles. The molecule has 20 heavy (non-hydrogen) atoms. The van der Waals surface area contributed by atoms with Crippen molar-refractivity contribution in [3.05, 3.63) is 29.6 Å². The lowest BCUT2D eigenvalue weighted by molar-refractivity contribution is -0.00561. The first-order valence-corrected chi connectivity index (χ1v) is 6.62. The van der Waals surface area contributed by atoms with Gasteiger partial charge in [-0.15, -0.1) is 0 Å². The number of amides is 1. The van der Waals surface area contributed by atoms with E-state index in [0.717, 1.165) is 6.07 Å². The minimum atomic E-state index is -0.714. The Hall–Kier alpha value is -1.66. The first-order valence-electron chi connectivity index (χ1n) is 6.62. The molecule has 5 nitrogen and oxygen atoms in total. The highest BCUT2D eigenvalue weighted by atomic mass is 19.1. The molecule has 2 N–H and O–H groups in total. The van der Waals surface area contributed by atoms with Crippen molar-refractivity contribution in [1.29, 1.82) is 0 Å². The van der Waals surface area contributed by atoms with E-state index in [2.05, 4.69) is 0 Å². The number of piperidine rings is 1. The summed E-state index contributed by atoms with van der Waals surface area (Å²) in [6, 6.07) is 3.53. The van der Waals surface area contributed by atoms with Crippen LogP contribution in [0.2, 0.25) is 0 Å². The zero-order valence-electron chi connectivity index (χ0n) is 11.1. The molecule has 1 aliphatic rings. The predicted octanol–water partition coefficient (Wildman–Crippen LogP) is 1.14. The molecular weight excluding hydrogens is 265 g/mol. The number of hydrogen-bond donors (Lipinski definition) is 2. The van der Waals surface area contributed by atoms with Crippen molar-refractivity contribution in [3.63, 3.8) is 0 Å². The van der Waals surface area contributed by atoms with Crippen molar-refractivity contribution in [3.8, 4) is 5.75 Å². The van der Waals surface area contributed by atoms with E-state index in [4.69, 9.17) is 14.9 Å². The Labute approximate surface area is 116 Å². The van der Waals surface area contributed by atoms with Crippen LogP contribution in [-0.4, -0.2) is 53.4 Å². The normalized spacial score (nSPS) is 16.4. The summed E-state index contributed by atoms with van der Waals surface area (Å²) >= 11 is 0. The van der Waals surface area contributed by atoms with Crippen molar-refractivity contribution >= 4 is 5.91 Å². The first kappa shape index (κ1) is 14.7. The lowest BCUT2D eigenvalue weighted by atomic mass is 10.1. The van der Waals surface area contributed by atoms with E-state index in [-0.39, 0.29) is 29.9 Å². The number of carbonyl (C=O) groups excluding carboxylic acids is 1. The number of benzene rings is 1. The summed E-state index contributed by atoms with van der Waals surface area (Å²) < 4.78 is 19.0. The third kappa shape index (κ3) is 3.46. The molecule has 1 saturated heterocycles. The monoisotopic (exact) mass is 283 g/mol. The van der Waals surface area contributed by atoms with E-state index in [0.29, 0.717) is 32.5 Å². The van der Waals surface area contributed by atoms with Gasteiger partial charge in [-0.2, -0.15) is 0 Å². The molecule has 110 valence electrons. The maximum atomic E-state index is 13.6. The molecule has 2 rings (SSSR count). The van der Waals surface area contributed by atoms with Crippen LogP contribution in [0, 0.1) is 5.82 Å². The number of carbonyl (C=O) groups is 1. The molecule has 0 atom stereocenters. The number of hydrogen-bond acceptors (Lipinski definition) is 4. The Bertz CT molecular complexity index is 472. The number of halogens is 1. The molecule has 0 unspecified atom stereocenters. The second-order valence-corrected chi connectivity index (χ2v) is 4.75. The predicted molar refractivity (Wildman–Crippen MR) is 70.0 cm³/mol. The zero-order chi connectivity index (χ0) is 14.5. The van der Waals surface area contributed by atoms with E-state index >= 15 is 0 Å². The van der Waals surface area contributed by atoms with Crippen LogP contribution >= 0.6 is 0 Å². The fraction of sp³-hybridized carbons (Fsp3) is 0.500. The van der Waals surface area contributed by atoms with Crippen LogP contribution in [0.15, 0.2) is 18.2 Å². The van der Waals surface area contributed by atoms with Crippen LogP contribution in [0.1, 0.15) is 23.2 Å². The van der Waals surface area contributed by atoms with Gasteiger partial charge in [-0.3, -0.25) is 4.79 Å². The largest absolute Gasteiger partial charge is 0.508 e. The topological polar surface area (TPSA) is 70.0 Å². The molecule has 0 saturated carbocycles. The molecule has 1 fully saturated rings. The van der Waals surface area contributed by atoms with Crippen LogP contribution in [0.5, 0.6) is 5.75 Å². The second-order valence-electron chi connectivity index (χ2n) is 4.75. The summed E-state index contributed by atoms with van der Waals surface area (Å²) in [6.45, 7) is 1.27. The van der Waals surface area contributed by atoms with Gasteiger partial charge in [0.25, 0.3) is 5.91 Å². The second kappa shape index (κ2) is 6.67. The summed E-state index contributed by atoms with van der Waals surface area (Å²) in [5.41, 5.74) is -0.0301. The number of ether oxygens (including phenoxy) is 1. The molecule has 1 aliphatic heterocycles. The molecule has 0 aliphatic carbocycles. The lowest BCUT2D eigenvalue weighted by Gasteiger charge is -2.32. The Morgan fingerprint density at radius 2 is 2.10 bits per heavy atom. The van der Waals surface area contributed by atoms with Gasteiger partial charge in [0.2, 0.25) is 0 Å². The summed E-state index contributed by atoms with van der Waals surface area (Å²) in [7, 11) is 0. The third-order valence-corrected chi connectivity index (χ3v) is 3.36. The van der Waals surface area contributed by atoms with Crippen LogP contribution < -0.4 is 0 Å². The van der Waals surface area contributed by atoms with Crippen molar-refractivity contribution in [1.82, 2.24) is 4.90 Å². The lowest BCUT2D eigenvalue weighted by Crippen LogP contribution is -2.41. The third-order valence-electron chi connectivity index (χ3n) is 3.36. The van der Waals surface area contributed by atoms with E-state index in [1.54, 1.807) is 4.90 Å². The molecule has 0 bridgehead atoms. The van der Waals surface area contributed by atoms with E-state index in [1.807, 2.05) is 0 Å². The molecule has 1 aromatic rings. The maximum Gasteiger partial charge on any atom is 0.256 e. The van der Waals surface area contributed by atoms with Gasteiger partial charge in [0.1, 0.15) is 11.6 Å². The zero-order valence-corrected chi connectivity index (χ0v) is 11.1. The van der Waals surface area contributed by atoms with Crippen molar-refractivity contribution in [2.75, 3.05) is 26.3 Å². The fourth-order valence-electron chi connectivity index (χ4n) is 2.29. The number of likely N-dealkylation sites (tertiary alicyclic amines) is 1. The van der Waals surface area contributed by atoms with E-state index in [9.17, 15) is 9.18 Å². The summed E-state index contributed by atoms with van der Waals surface area (Å²) in [4.78, 5) is 13.8. The smallest absolute Gasteiger partial charge is 0.256 e. The Morgan fingerprint density at radius 1 is 1.40 bits per heavy atom. The minimum absolute atomic E-state index is 0.0160. The fourth-order valence-corrected chi connectivity index (χ4v) is 2.29. The Balaban J connectivity index is 1.94. The van der Waals surface area contributed by atoms with Crippen molar-refractivity contribution in [2.24, 2.45) is 0 Å². The first-order chi connectivity index (χ1) is 9.61. The van der Waals surface area contributed by atoms with Gasteiger partial charge < -0.3 is 19.8 Å². The van der Waals surface area contributed by atoms with Gasteiger partial charge in [0.15, 0.2) is 0 Å². The Kier molecular flexibility index (Phi) is 4.92. The molecule has 0 spiro atoms. The number of phenolic OH excluding ortho intramolecular Hbond substituents is 1. The number of nitrogens with zero attached hydrogens (tertiary/aromatic N) is 1. The quantitative estimate of drug-likeness (QED) is 0.869. The Morgan fingerprint density at radius 3 is 2.70 bits per heavy atom. The number of aromatic hydroxyl groups is 1. The molecule has 0 aromatic heterocycles. The summed E-state index contributed by atoms with van der Waals surface area (Å²) in [5.74, 6) is -1.29. The van der Waals surface area contributed by atoms with Crippen LogP contribution in [0.25, 0.3) is 0 Å². The number of aliphatic hydroxyl groups is 1. The van der Waals surface area contributed by atoms with Gasteiger partial charge in [-0.05, 0) is 25.0 Å². The molecule has 6 heteroatoms. The maximum absolute atomic E-state index is 13.6. The number of rotatable bonds is 4. The van der Waals surface area contributed by atoms with E-state index < -0.39 is 5.82 Å². The van der Waals surface area contributed by atoms with E-state index in [1.165, 1.54) is 12.1 Å². The van der Waals surface area contributed by atoms with Gasteiger partial charge in [0, 0.05) is 19.2 Å². The molecule has 1 amide bonds. The molecular formula is C14H18FNO4. The SMILES string of the molecule is O=C(c1ccc(O)cc1F)N1CCC(OCCO)CC1. The standard InChI is InChI=1S/C14H18FNO4/c15-13-9-10(18)1-2-12(13)14(19)16-5-3-11(4-6-16)20-8-7-17/h1-2,9,11,17-18H,3-8H2. The van der Waals surface area contributed by atoms with Gasteiger partial charge in [-0.1, -0.05) is 0 Å². The molecule has 1 heterocycles. The summed E-state index contributed by atoms with van der Waals surface area (Å²) in [5, 5.41) is 17.8. The summed E-state index contributed by atoms with van der Waals surface area (Å²) in [6.07, 6.45) is 1.38. The highest BCUT2D eigenvalue weighted by molar-refractivity contribution is 5.94. The molecule has 0 radical (unpaired) electrons. The number of phenols is 1. The van der Waals surface area contributed by atoms with Crippen LogP contribution in [0.3, 0.4) is 0 Å². The van der Waals surface area contributed by atoms with Gasteiger partial charge in [0.05, 0.1) is 24.9 Å². The van der Waals surface area contributed by atoms with Gasteiger partial charge >= 0.3 is 0 Å². The number of aliphatic hydroxyl groups excluding tert-OH is 1. The highest BCUT2D eigenvalue weighted by Gasteiger charge is 2.25. The van der Waals surface area contributed by atoms with Crippen molar-refractivity contribution in [2.45, 2.75) is 18.9 Å².